The third-order valence-corrected chi connectivity index (χ3v) is 6.87. The van der Waals surface area contributed by atoms with Crippen LogP contribution in [0.15, 0.2) is 12.1 Å². The molecule has 0 spiro atoms. The minimum atomic E-state index is -4.05. The number of hydrogen-bond acceptors (Lipinski definition) is 5. The van der Waals surface area contributed by atoms with E-state index in [9.17, 15) is 25.6 Å². The van der Waals surface area contributed by atoms with Gasteiger partial charge in [0.25, 0.3) is 0 Å². The van der Waals surface area contributed by atoms with Crippen LogP contribution in [0.2, 0.25) is 0 Å². The van der Waals surface area contributed by atoms with E-state index in [0.717, 1.165) is 12.1 Å². The Hall–Kier alpha value is -1.42. The molecule has 1 aromatic carbocycles. The number of rotatable bonds is 3. The largest absolute Gasteiger partial charge is 0.397 e. The maximum absolute atomic E-state index is 13.6. The summed E-state index contributed by atoms with van der Waals surface area (Å²) in [6.45, 7) is 0. The lowest BCUT2D eigenvalue weighted by atomic mass is 10.2. The van der Waals surface area contributed by atoms with Crippen LogP contribution in [0.25, 0.3) is 0 Å². The Labute approximate surface area is 121 Å². The van der Waals surface area contributed by atoms with Gasteiger partial charge in [0.15, 0.2) is 11.6 Å². The molecule has 1 aliphatic heterocycles. The average molecular weight is 340 g/mol. The van der Waals surface area contributed by atoms with E-state index >= 15 is 0 Å². The van der Waals surface area contributed by atoms with Gasteiger partial charge in [-0.25, -0.2) is 25.6 Å². The van der Waals surface area contributed by atoms with E-state index in [4.69, 9.17) is 5.73 Å². The van der Waals surface area contributed by atoms with Gasteiger partial charge in [0.05, 0.1) is 22.4 Å². The van der Waals surface area contributed by atoms with Crippen molar-refractivity contribution in [2.24, 2.45) is 0 Å². The van der Waals surface area contributed by atoms with E-state index in [2.05, 4.69) is 0 Å². The van der Waals surface area contributed by atoms with Crippen molar-refractivity contribution < 1.29 is 25.6 Å². The number of nitrogen functional groups attached to an aromatic ring is 1. The van der Waals surface area contributed by atoms with Crippen LogP contribution in [-0.4, -0.2) is 33.6 Å². The highest BCUT2D eigenvalue weighted by molar-refractivity contribution is 7.94. The molecule has 0 saturated carbocycles. The highest BCUT2D eigenvalue weighted by Gasteiger charge is 2.33. The molecule has 1 aromatic rings. The summed E-state index contributed by atoms with van der Waals surface area (Å²) in [6.07, 6.45) is -0.178. The normalized spacial score (nSPS) is 19.3. The minimum Gasteiger partial charge on any atom is -0.397 e. The molecule has 0 bridgehead atoms. The molecule has 6 nitrogen and oxygen atoms in total. The number of benzene rings is 1. The zero-order chi connectivity index (χ0) is 15.8. The maximum Gasteiger partial charge on any atom is 0.235 e. The Morgan fingerprint density at radius 2 is 1.76 bits per heavy atom. The zero-order valence-electron chi connectivity index (χ0n) is 10.8. The molecule has 21 heavy (non-hydrogen) atoms. The van der Waals surface area contributed by atoms with Gasteiger partial charge in [-0.2, -0.15) is 0 Å². The van der Waals surface area contributed by atoms with Crippen molar-refractivity contribution in [3.63, 3.8) is 0 Å². The van der Waals surface area contributed by atoms with Gasteiger partial charge in [0, 0.05) is 0 Å². The van der Waals surface area contributed by atoms with E-state index < -0.39 is 42.4 Å². The van der Waals surface area contributed by atoms with E-state index in [1.54, 1.807) is 0 Å². The van der Waals surface area contributed by atoms with Gasteiger partial charge < -0.3 is 5.73 Å². The molecular weight excluding hydrogens is 326 g/mol. The van der Waals surface area contributed by atoms with Crippen LogP contribution in [0.4, 0.5) is 20.2 Å². The van der Waals surface area contributed by atoms with Crippen molar-refractivity contribution in [1.29, 1.82) is 0 Å². The van der Waals surface area contributed by atoms with Crippen molar-refractivity contribution in [3.8, 4) is 0 Å². The van der Waals surface area contributed by atoms with Gasteiger partial charge >= 0.3 is 0 Å². The molecule has 0 aromatic heterocycles. The predicted octanol–water partition coefficient (Wildman–Crippen LogP) is 0.866. The monoisotopic (exact) mass is 340 g/mol. The van der Waals surface area contributed by atoms with Crippen molar-refractivity contribution in [2.45, 2.75) is 18.1 Å². The van der Waals surface area contributed by atoms with Crippen LogP contribution in [0.5, 0.6) is 0 Å². The second kappa shape index (κ2) is 5.41. The maximum atomic E-state index is 13.6. The van der Waals surface area contributed by atoms with Crippen LogP contribution in [-0.2, 0) is 19.9 Å². The summed E-state index contributed by atoms with van der Waals surface area (Å²) >= 11 is 0. The lowest BCUT2D eigenvalue weighted by Gasteiger charge is -2.23. The first-order valence-electron chi connectivity index (χ1n) is 6.08. The van der Waals surface area contributed by atoms with Gasteiger partial charge in [0.1, 0.15) is 15.5 Å². The van der Waals surface area contributed by atoms with Crippen LogP contribution in [0, 0.1) is 11.6 Å². The molecule has 1 saturated heterocycles. The molecule has 2 rings (SSSR count). The van der Waals surface area contributed by atoms with Gasteiger partial charge in [-0.05, 0) is 25.0 Å². The third-order valence-electron chi connectivity index (χ3n) is 3.31. The number of nitrogens with one attached hydrogen (secondary N) is 1. The highest BCUT2D eigenvalue weighted by Crippen LogP contribution is 2.28. The van der Waals surface area contributed by atoms with Crippen molar-refractivity contribution in [1.82, 2.24) is 0 Å². The van der Waals surface area contributed by atoms with Crippen LogP contribution in [0.3, 0.4) is 0 Å². The van der Waals surface area contributed by atoms with Crippen molar-refractivity contribution in [2.75, 3.05) is 22.0 Å². The van der Waals surface area contributed by atoms with Crippen LogP contribution < -0.4 is 10.5 Å². The quantitative estimate of drug-likeness (QED) is 0.794. The molecule has 1 heterocycles. The fourth-order valence-electron chi connectivity index (χ4n) is 2.07. The summed E-state index contributed by atoms with van der Waals surface area (Å²) in [4.78, 5) is 0. The lowest BCUT2D eigenvalue weighted by molar-refractivity contribution is 0.511. The molecule has 0 aliphatic carbocycles. The van der Waals surface area contributed by atoms with Gasteiger partial charge in [-0.1, -0.05) is 0 Å². The SMILES string of the molecule is Nc1ccc(F)c(F)c1NS(=O)(=O)C1CCS(=O)(=O)CC1. The molecule has 0 atom stereocenters. The Balaban J connectivity index is 2.25. The number of sulfone groups is 1. The first-order valence-corrected chi connectivity index (χ1v) is 9.45. The lowest BCUT2D eigenvalue weighted by Crippen LogP contribution is -2.36. The van der Waals surface area contributed by atoms with Crippen molar-refractivity contribution in [3.05, 3.63) is 23.8 Å². The van der Waals surface area contributed by atoms with E-state index in [0.29, 0.717) is 0 Å². The molecular formula is C11H14F2N2O4S2. The fraction of sp³-hybridized carbons (Fsp3) is 0.455. The standard InChI is InChI=1S/C11H14F2N2O4S2/c12-8-1-2-9(14)11(10(8)13)15-21(18,19)7-3-5-20(16,17)6-4-7/h1-2,7,15H,3-6,14H2. The van der Waals surface area contributed by atoms with Gasteiger partial charge in [-0.15, -0.1) is 0 Å². The van der Waals surface area contributed by atoms with E-state index in [1.165, 1.54) is 0 Å². The van der Waals surface area contributed by atoms with Gasteiger partial charge in [0.2, 0.25) is 10.0 Å². The fourth-order valence-corrected chi connectivity index (χ4v) is 5.38. The number of sulfonamides is 1. The number of halogens is 2. The first-order chi connectivity index (χ1) is 9.62. The summed E-state index contributed by atoms with van der Waals surface area (Å²) in [5.41, 5.74) is 4.54. The summed E-state index contributed by atoms with van der Waals surface area (Å²) < 4.78 is 75.5. The first kappa shape index (κ1) is 16.0. The van der Waals surface area contributed by atoms with Crippen LogP contribution in [0.1, 0.15) is 12.8 Å². The third kappa shape index (κ3) is 3.43. The summed E-state index contributed by atoms with van der Waals surface area (Å²) in [5, 5.41) is -0.983. The summed E-state index contributed by atoms with van der Waals surface area (Å²) in [7, 11) is -7.27. The number of hydrogen-bond donors (Lipinski definition) is 2. The smallest absolute Gasteiger partial charge is 0.235 e. The molecule has 0 radical (unpaired) electrons. The number of anilines is 2. The molecule has 0 unspecified atom stereocenters. The molecule has 10 heteroatoms. The Bertz CT molecular complexity index is 749. The predicted molar refractivity (Wildman–Crippen MR) is 75.0 cm³/mol. The molecule has 3 N–H and O–H groups in total. The molecule has 1 aliphatic rings. The topological polar surface area (TPSA) is 106 Å². The minimum absolute atomic E-state index is 0.0888. The molecule has 118 valence electrons. The Morgan fingerprint density at radius 3 is 2.33 bits per heavy atom. The average Bonchev–Trinajstić information content (AvgIpc) is 2.39. The van der Waals surface area contributed by atoms with Crippen molar-refractivity contribution >= 4 is 31.2 Å². The number of nitrogens with two attached hydrogens (primary N) is 1. The van der Waals surface area contributed by atoms with E-state index in [-0.39, 0.29) is 30.0 Å². The summed E-state index contributed by atoms with van der Waals surface area (Å²) in [6, 6.07) is 1.83. The van der Waals surface area contributed by atoms with Gasteiger partial charge in [-0.3, -0.25) is 4.72 Å². The second-order valence-corrected chi connectivity index (χ2v) is 9.09. The Morgan fingerprint density at radius 1 is 1.19 bits per heavy atom. The Kier molecular flexibility index (Phi) is 4.11. The highest BCUT2D eigenvalue weighted by atomic mass is 32.2. The molecule has 0 amide bonds. The van der Waals surface area contributed by atoms with Crippen LogP contribution >= 0.6 is 0 Å². The second-order valence-electron chi connectivity index (χ2n) is 4.82. The zero-order valence-corrected chi connectivity index (χ0v) is 12.5. The molecule has 1 fully saturated rings. The van der Waals surface area contributed by atoms with E-state index in [1.807, 2.05) is 4.72 Å². The summed E-state index contributed by atoms with van der Waals surface area (Å²) in [5.74, 6) is -3.12.